The average Bonchev–Trinajstić information content (AvgIpc) is 2.58. The maximum absolute atomic E-state index is 11.3. The summed E-state index contributed by atoms with van der Waals surface area (Å²) >= 11 is 21.9. The van der Waals surface area contributed by atoms with E-state index in [1.165, 1.54) is 0 Å². The van der Waals surface area contributed by atoms with Crippen molar-refractivity contribution in [2.75, 3.05) is 0 Å². The number of benzene rings is 2. The number of carbonyl (C=O) groups excluding carboxylic acids is 1. The Labute approximate surface area is 164 Å². The number of carbonyl (C=O) groups is 1. The first kappa shape index (κ1) is 19.7. The van der Waals surface area contributed by atoms with Crippen molar-refractivity contribution in [3.8, 4) is 5.75 Å². The number of nitrogens with zero attached hydrogens (tertiary/aromatic N) is 1. The van der Waals surface area contributed by atoms with Gasteiger partial charge < -0.3 is 15.3 Å². The summed E-state index contributed by atoms with van der Waals surface area (Å²) in [7, 11) is 0. The first-order chi connectivity index (χ1) is 11.8. The molecule has 0 amide bonds. The molecule has 0 saturated carbocycles. The van der Waals surface area contributed by atoms with E-state index in [4.69, 9.17) is 56.9 Å². The molecule has 0 bridgehead atoms. The second kappa shape index (κ2) is 8.63. The molecule has 2 aromatic carbocycles. The standard InChI is InChI=1S/C16H12Cl4N2O3/c17-12-5-1-10(2-6-12)9-24-13-7-3-11(4-8-13)14(21)22-25-15(23)16(18,19)20/h1-8H,9H2,(H2,21,22). The summed E-state index contributed by atoms with van der Waals surface area (Å²) in [6.45, 7) is 0.390. The van der Waals surface area contributed by atoms with Gasteiger partial charge in [0.2, 0.25) is 0 Å². The van der Waals surface area contributed by atoms with E-state index in [1.807, 2.05) is 12.1 Å². The Morgan fingerprint density at radius 2 is 1.64 bits per heavy atom. The SMILES string of the molecule is NC(=NOC(=O)C(Cl)(Cl)Cl)c1ccc(OCc2ccc(Cl)cc2)cc1. The van der Waals surface area contributed by atoms with E-state index in [1.54, 1.807) is 36.4 Å². The van der Waals surface area contributed by atoms with Gasteiger partial charge in [-0.2, -0.15) is 0 Å². The van der Waals surface area contributed by atoms with E-state index in [2.05, 4.69) is 9.99 Å². The predicted molar refractivity (Wildman–Crippen MR) is 99.3 cm³/mol. The van der Waals surface area contributed by atoms with E-state index in [0.717, 1.165) is 5.56 Å². The molecule has 2 N–H and O–H groups in total. The molecule has 0 spiro atoms. The van der Waals surface area contributed by atoms with Gasteiger partial charge in [0.15, 0.2) is 5.84 Å². The van der Waals surface area contributed by atoms with Gasteiger partial charge in [-0.25, -0.2) is 4.79 Å². The van der Waals surface area contributed by atoms with Crippen molar-refractivity contribution < 1.29 is 14.4 Å². The molecule has 0 aromatic heterocycles. The molecule has 2 aromatic rings. The lowest BCUT2D eigenvalue weighted by molar-refractivity contribution is -0.142. The summed E-state index contributed by atoms with van der Waals surface area (Å²) in [6, 6.07) is 14.0. The minimum atomic E-state index is -2.22. The molecular formula is C16H12Cl4N2O3. The molecular weight excluding hydrogens is 410 g/mol. The topological polar surface area (TPSA) is 73.9 Å². The summed E-state index contributed by atoms with van der Waals surface area (Å²) in [4.78, 5) is 15.7. The van der Waals surface area contributed by atoms with Crippen molar-refractivity contribution in [1.29, 1.82) is 0 Å². The van der Waals surface area contributed by atoms with Crippen LogP contribution in [0.3, 0.4) is 0 Å². The Hall–Kier alpha value is -1.66. The van der Waals surface area contributed by atoms with Crippen LogP contribution < -0.4 is 10.5 Å². The number of ether oxygens (including phenoxy) is 1. The van der Waals surface area contributed by atoms with Gasteiger partial charge >= 0.3 is 5.97 Å². The highest BCUT2D eigenvalue weighted by Crippen LogP contribution is 2.27. The van der Waals surface area contributed by atoms with Gasteiger partial charge in [0.1, 0.15) is 12.4 Å². The fraction of sp³-hybridized carbons (Fsp3) is 0.125. The lowest BCUT2D eigenvalue weighted by Crippen LogP contribution is -2.22. The number of nitrogens with two attached hydrogens (primary N) is 1. The van der Waals surface area contributed by atoms with Crippen LogP contribution in [-0.4, -0.2) is 15.6 Å². The first-order valence-electron chi connectivity index (χ1n) is 6.85. The molecule has 0 aliphatic rings. The third-order valence-corrected chi connectivity index (χ3v) is 3.64. The zero-order chi connectivity index (χ0) is 18.4. The number of amidine groups is 1. The van der Waals surface area contributed by atoms with Crippen LogP contribution in [0.15, 0.2) is 53.7 Å². The normalized spacial score (nSPS) is 11.9. The largest absolute Gasteiger partial charge is 0.489 e. The number of hydrogen-bond donors (Lipinski definition) is 1. The van der Waals surface area contributed by atoms with E-state index in [0.29, 0.717) is 22.9 Å². The fourth-order valence-corrected chi connectivity index (χ4v) is 1.89. The Bertz CT molecular complexity index is 756. The van der Waals surface area contributed by atoms with Crippen LogP contribution in [0.25, 0.3) is 0 Å². The summed E-state index contributed by atoms with van der Waals surface area (Å²) in [5, 5.41) is 4.10. The van der Waals surface area contributed by atoms with Crippen molar-refractivity contribution in [2.24, 2.45) is 10.9 Å². The molecule has 0 fully saturated rings. The lowest BCUT2D eigenvalue weighted by Gasteiger charge is -2.08. The van der Waals surface area contributed by atoms with Crippen LogP contribution in [0.1, 0.15) is 11.1 Å². The van der Waals surface area contributed by atoms with E-state index >= 15 is 0 Å². The number of oxime groups is 1. The second-order valence-corrected chi connectivity index (χ2v) is 7.51. The van der Waals surface area contributed by atoms with Gasteiger partial charge in [0.05, 0.1) is 0 Å². The highest BCUT2D eigenvalue weighted by molar-refractivity contribution is 6.75. The minimum absolute atomic E-state index is 0.0492. The lowest BCUT2D eigenvalue weighted by atomic mass is 10.2. The molecule has 2 rings (SSSR count). The molecule has 0 saturated heterocycles. The van der Waals surface area contributed by atoms with Gasteiger partial charge in [-0.1, -0.05) is 63.7 Å². The molecule has 5 nitrogen and oxygen atoms in total. The fourth-order valence-electron chi connectivity index (χ4n) is 1.66. The number of alkyl halides is 3. The molecule has 0 atom stereocenters. The average molecular weight is 422 g/mol. The van der Waals surface area contributed by atoms with Gasteiger partial charge in [-0.3, -0.25) is 0 Å². The van der Waals surface area contributed by atoms with Gasteiger partial charge in [0, 0.05) is 10.6 Å². The predicted octanol–water partition coefficient (Wildman–Crippen LogP) is 4.45. The van der Waals surface area contributed by atoms with Crippen molar-refractivity contribution >= 4 is 58.2 Å². The number of hydrogen-bond acceptors (Lipinski definition) is 4. The van der Waals surface area contributed by atoms with Crippen molar-refractivity contribution in [3.63, 3.8) is 0 Å². The van der Waals surface area contributed by atoms with E-state index in [9.17, 15) is 4.79 Å². The summed E-state index contributed by atoms with van der Waals surface area (Å²) in [5.74, 6) is -0.569. The summed E-state index contributed by atoms with van der Waals surface area (Å²) < 4.78 is 3.43. The van der Waals surface area contributed by atoms with Gasteiger partial charge in [-0.15, -0.1) is 0 Å². The van der Waals surface area contributed by atoms with Crippen molar-refractivity contribution in [2.45, 2.75) is 10.4 Å². The van der Waals surface area contributed by atoms with Crippen LogP contribution in [0, 0.1) is 0 Å². The van der Waals surface area contributed by atoms with Crippen molar-refractivity contribution in [3.05, 3.63) is 64.7 Å². The monoisotopic (exact) mass is 420 g/mol. The highest BCUT2D eigenvalue weighted by Gasteiger charge is 2.33. The molecule has 0 heterocycles. The van der Waals surface area contributed by atoms with Crippen LogP contribution in [-0.2, 0) is 16.2 Å². The Kier molecular flexibility index (Phi) is 6.79. The Balaban J connectivity index is 1.94. The summed E-state index contributed by atoms with van der Waals surface area (Å²) in [5.41, 5.74) is 7.20. The highest BCUT2D eigenvalue weighted by atomic mass is 35.6. The van der Waals surface area contributed by atoms with Crippen LogP contribution >= 0.6 is 46.4 Å². The zero-order valence-electron chi connectivity index (χ0n) is 12.6. The van der Waals surface area contributed by atoms with Crippen LogP contribution in [0.2, 0.25) is 5.02 Å². The summed E-state index contributed by atoms with van der Waals surface area (Å²) in [6.07, 6.45) is 0. The zero-order valence-corrected chi connectivity index (χ0v) is 15.6. The smallest absolute Gasteiger partial charge is 0.386 e. The molecule has 9 heteroatoms. The third kappa shape index (κ3) is 6.29. The Morgan fingerprint density at radius 1 is 1.04 bits per heavy atom. The third-order valence-electron chi connectivity index (χ3n) is 2.93. The number of halogens is 4. The quantitative estimate of drug-likeness (QED) is 0.254. The first-order valence-corrected chi connectivity index (χ1v) is 8.36. The molecule has 0 aliphatic heterocycles. The second-order valence-electron chi connectivity index (χ2n) is 4.79. The van der Waals surface area contributed by atoms with E-state index in [-0.39, 0.29) is 5.84 Å². The van der Waals surface area contributed by atoms with Crippen molar-refractivity contribution in [1.82, 2.24) is 0 Å². The molecule has 0 aliphatic carbocycles. The van der Waals surface area contributed by atoms with Crippen LogP contribution in [0.5, 0.6) is 5.75 Å². The number of rotatable bonds is 5. The maximum atomic E-state index is 11.3. The molecule has 25 heavy (non-hydrogen) atoms. The van der Waals surface area contributed by atoms with Gasteiger partial charge in [0.25, 0.3) is 3.79 Å². The van der Waals surface area contributed by atoms with Crippen LogP contribution in [0.4, 0.5) is 0 Å². The molecule has 0 radical (unpaired) electrons. The Morgan fingerprint density at radius 3 is 2.20 bits per heavy atom. The molecule has 132 valence electrons. The van der Waals surface area contributed by atoms with Gasteiger partial charge in [-0.05, 0) is 42.0 Å². The minimum Gasteiger partial charge on any atom is -0.489 e. The van der Waals surface area contributed by atoms with E-state index < -0.39 is 9.76 Å². The molecule has 0 unspecified atom stereocenters. The maximum Gasteiger partial charge on any atom is 0.386 e.